The van der Waals surface area contributed by atoms with Gasteiger partial charge in [0, 0.05) is 16.6 Å². The van der Waals surface area contributed by atoms with Gasteiger partial charge < -0.3 is 16.0 Å². The van der Waals surface area contributed by atoms with Crippen molar-refractivity contribution >= 4 is 23.0 Å². The quantitative estimate of drug-likeness (QED) is 0.752. The Balaban J connectivity index is 2.13. The second-order valence-corrected chi connectivity index (χ2v) is 4.31. The molecule has 0 radical (unpaired) electrons. The maximum atomic E-state index is 11.0. The number of hydrogen-bond donors (Lipinski definition) is 3. The van der Waals surface area contributed by atoms with E-state index in [1.165, 1.54) is 6.33 Å². The van der Waals surface area contributed by atoms with Gasteiger partial charge in [0.1, 0.15) is 18.0 Å². The Morgan fingerprint density at radius 2 is 2.35 bits per heavy atom. The summed E-state index contributed by atoms with van der Waals surface area (Å²) in [5.74, 6) is 1.20. The highest BCUT2D eigenvalue weighted by atomic mass is 32.1. The normalized spacial score (nSPS) is 10.4. The summed E-state index contributed by atoms with van der Waals surface area (Å²) in [7, 11) is 0. The molecular formula is C10H13N5OS. The summed E-state index contributed by atoms with van der Waals surface area (Å²) in [5.41, 5.74) is 7.48. The number of H-pyrrole nitrogens is 1. The van der Waals surface area contributed by atoms with E-state index in [4.69, 9.17) is 5.73 Å². The lowest BCUT2D eigenvalue weighted by Crippen LogP contribution is -2.08. The van der Waals surface area contributed by atoms with Crippen LogP contribution in [0.2, 0.25) is 0 Å². The fourth-order valence-corrected chi connectivity index (χ4v) is 2.09. The Kier molecular flexibility index (Phi) is 3.38. The maximum Gasteiger partial charge on any atom is 0.304 e. The SMILES string of the molecule is CCc1c(N)ncnc1NCc1csc(=O)[nH]1. The van der Waals surface area contributed by atoms with Crippen molar-refractivity contribution in [3.8, 4) is 0 Å². The zero-order valence-electron chi connectivity index (χ0n) is 9.36. The molecule has 2 aromatic rings. The number of aromatic nitrogens is 3. The van der Waals surface area contributed by atoms with Gasteiger partial charge in [-0.3, -0.25) is 4.79 Å². The van der Waals surface area contributed by atoms with Crippen molar-refractivity contribution in [2.75, 3.05) is 11.1 Å². The number of aromatic amines is 1. The van der Waals surface area contributed by atoms with E-state index in [9.17, 15) is 4.79 Å². The molecule has 6 nitrogen and oxygen atoms in total. The molecule has 90 valence electrons. The lowest BCUT2D eigenvalue weighted by atomic mass is 10.2. The molecule has 0 amide bonds. The Bertz CT molecular complexity index is 562. The van der Waals surface area contributed by atoms with Gasteiger partial charge in [0.15, 0.2) is 0 Å². The van der Waals surface area contributed by atoms with E-state index in [0.717, 1.165) is 29.0 Å². The predicted molar refractivity (Wildman–Crippen MR) is 68.1 cm³/mol. The topological polar surface area (TPSA) is 96.7 Å². The Morgan fingerprint density at radius 1 is 1.53 bits per heavy atom. The summed E-state index contributed by atoms with van der Waals surface area (Å²) < 4.78 is 0. The fraction of sp³-hybridized carbons (Fsp3) is 0.300. The van der Waals surface area contributed by atoms with Gasteiger partial charge in [-0.1, -0.05) is 18.3 Å². The van der Waals surface area contributed by atoms with E-state index < -0.39 is 0 Å². The zero-order chi connectivity index (χ0) is 12.3. The van der Waals surface area contributed by atoms with Crippen LogP contribution in [0.15, 0.2) is 16.5 Å². The standard InChI is InChI=1S/C10H13N5OS/c1-2-7-8(11)13-5-14-9(7)12-3-6-4-17-10(16)15-6/h4-5H,2-3H2,1H3,(H,15,16)(H3,11,12,13,14). The average Bonchev–Trinajstić information content (AvgIpc) is 2.72. The lowest BCUT2D eigenvalue weighted by Gasteiger charge is -2.09. The second kappa shape index (κ2) is 4.96. The number of hydrogen-bond acceptors (Lipinski definition) is 6. The Labute approximate surface area is 102 Å². The molecule has 17 heavy (non-hydrogen) atoms. The molecule has 2 rings (SSSR count). The lowest BCUT2D eigenvalue weighted by molar-refractivity contribution is 0.995. The molecule has 0 unspecified atom stereocenters. The highest BCUT2D eigenvalue weighted by Crippen LogP contribution is 2.17. The summed E-state index contributed by atoms with van der Waals surface area (Å²) in [6.45, 7) is 2.51. The van der Waals surface area contributed by atoms with E-state index in [1.54, 1.807) is 5.38 Å². The second-order valence-electron chi connectivity index (χ2n) is 3.47. The summed E-state index contributed by atoms with van der Waals surface area (Å²) in [4.78, 5) is 21.7. The van der Waals surface area contributed by atoms with Crippen molar-refractivity contribution in [3.63, 3.8) is 0 Å². The largest absolute Gasteiger partial charge is 0.383 e. The molecule has 0 bridgehead atoms. The fourth-order valence-electron chi connectivity index (χ4n) is 1.51. The van der Waals surface area contributed by atoms with Crippen LogP contribution in [0.5, 0.6) is 0 Å². The summed E-state index contributed by atoms with van der Waals surface area (Å²) >= 11 is 1.14. The molecule has 0 saturated heterocycles. The van der Waals surface area contributed by atoms with E-state index in [-0.39, 0.29) is 4.87 Å². The molecule has 0 aliphatic heterocycles. The molecule has 0 spiro atoms. The van der Waals surface area contributed by atoms with E-state index in [1.807, 2.05) is 6.92 Å². The van der Waals surface area contributed by atoms with Gasteiger partial charge in [0.05, 0.1) is 6.54 Å². The third-order valence-corrected chi connectivity index (χ3v) is 3.07. The average molecular weight is 251 g/mol. The van der Waals surface area contributed by atoms with E-state index in [0.29, 0.717) is 18.2 Å². The van der Waals surface area contributed by atoms with Gasteiger partial charge in [0.2, 0.25) is 0 Å². The molecule has 2 aromatic heterocycles. The highest BCUT2D eigenvalue weighted by molar-refractivity contribution is 7.07. The minimum absolute atomic E-state index is 0.0558. The predicted octanol–water partition coefficient (Wildman–Crippen LogP) is 0.983. The van der Waals surface area contributed by atoms with Crippen molar-refractivity contribution < 1.29 is 0 Å². The van der Waals surface area contributed by atoms with Crippen LogP contribution in [0, 0.1) is 0 Å². The van der Waals surface area contributed by atoms with Gasteiger partial charge >= 0.3 is 4.87 Å². The Hall–Kier alpha value is -1.89. The summed E-state index contributed by atoms with van der Waals surface area (Å²) in [6, 6.07) is 0. The number of nitrogen functional groups attached to an aromatic ring is 1. The molecule has 4 N–H and O–H groups in total. The van der Waals surface area contributed by atoms with Crippen LogP contribution in [-0.2, 0) is 13.0 Å². The maximum absolute atomic E-state index is 11.0. The first-order chi connectivity index (χ1) is 8.20. The van der Waals surface area contributed by atoms with Crippen LogP contribution in [0.1, 0.15) is 18.2 Å². The molecule has 0 aliphatic rings. The number of nitrogens with zero attached hydrogens (tertiary/aromatic N) is 2. The van der Waals surface area contributed by atoms with Crippen LogP contribution in [0.3, 0.4) is 0 Å². The van der Waals surface area contributed by atoms with Crippen LogP contribution < -0.4 is 15.9 Å². The smallest absolute Gasteiger partial charge is 0.304 e. The molecule has 0 aromatic carbocycles. The summed E-state index contributed by atoms with van der Waals surface area (Å²) in [5, 5.41) is 4.92. The molecule has 0 saturated carbocycles. The van der Waals surface area contributed by atoms with Gasteiger partial charge in [-0.05, 0) is 6.42 Å². The summed E-state index contributed by atoms with van der Waals surface area (Å²) in [6.07, 6.45) is 2.18. The van der Waals surface area contributed by atoms with Crippen molar-refractivity contribution in [1.29, 1.82) is 0 Å². The third-order valence-electron chi connectivity index (χ3n) is 2.35. The van der Waals surface area contributed by atoms with Crippen LogP contribution in [0.4, 0.5) is 11.6 Å². The zero-order valence-corrected chi connectivity index (χ0v) is 10.2. The monoisotopic (exact) mass is 251 g/mol. The van der Waals surface area contributed by atoms with Gasteiger partial charge in [0.25, 0.3) is 0 Å². The molecular weight excluding hydrogens is 238 g/mol. The van der Waals surface area contributed by atoms with Crippen LogP contribution in [0.25, 0.3) is 0 Å². The van der Waals surface area contributed by atoms with Crippen molar-refractivity contribution in [2.45, 2.75) is 19.9 Å². The highest BCUT2D eigenvalue weighted by Gasteiger charge is 2.07. The number of thiazole rings is 1. The number of rotatable bonds is 4. The van der Waals surface area contributed by atoms with Gasteiger partial charge in [-0.25, -0.2) is 9.97 Å². The molecule has 0 fully saturated rings. The molecule has 0 atom stereocenters. The van der Waals surface area contributed by atoms with Gasteiger partial charge in [-0.2, -0.15) is 0 Å². The van der Waals surface area contributed by atoms with Crippen molar-refractivity contribution in [3.05, 3.63) is 32.6 Å². The van der Waals surface area contributed by atoms with Crippen molar-refractivity contribution in [1.82, 2.24) is 15.0 Å². The van der Waals surface area contributed by atoms with E-state index in [2.05, 4.69) is 20.3 Å². The van der Waals surface area contributed by atoms with Gasteiger partial charge in [-0.15, -0.1) is 0 Å². The molecule has 2 heterocycles. The van der Waals surface area contributed by atoms with Crippen molar-refractivity contribution in [2.24, 2.45) is 0 Å². The first-order valence-corrected chi connectivity index (χ1v) is 6.08. The minimum Gasteiger partial charge on any atom is -0.383 e. The molecule has 0 aliphatic carbocycles. The van der Waals surface area contributed by atoms with Crippen LogP contribution >= 0.6 is 11.3 Å². The Morgan fingerprint density at radius 3 is 3.00 bits per heavy atom. The first kappa shape index (κ1) is 11.6. The first-order valence-electron chi connectivity index (χ1n) is 5.20. The number of nitrogens with one attached hydrogen (secondary N) is 2. The van der Waals surface area contributed by atoms with E-state index >= 15 is 0 Å². The number of nitrogens with two attached hydrogens (primary N) is 1. The van der Waals surface area contributed by atoms with Crippen LogP contribution in [-0.4, -0.2) is 15.0 Å². The molecule has 7 heteroatoms. The third kappa shape index (κ3) is 2.62. The minimum atomic E-state index is -0.0558. The number of anilines is 2.